The molecule has 1 aliphatic heterocycles. The van der Waals surface area contributed by atoms with E-state index in [1.54, 1.807) is 13.0 Å². The summed E-state index contributed by atoms with van der Waals surface area (Å²) in [5.41, 5.74) is 0.313. The van der Waals surface area contributed by atoms with Gasteiger partial charge in [-0.3, -0.25) is 0 Å². The fourth-order valence-electron chi connectivity index (χ4n) is 0.661. The molecule has 1 rings (SSSR count). The number of rotatable bonds is 1. The monoisotopic (exact) mass is 138 g/mol. The Morgan fingerprint density at radius 3 is 2.60 bits per heavy atom. The Balaban J connectivity index is 2.85. The molecule has 0 aliphatic carbocycles. The van der Waals surface area contributed by atoms with Crippen LogP contribution in [0.2, 0.25) is 0 Å². The molecule has 0 aromatic carbocycles. The number of cyclic esters (lactones) is 2. The van der Waals surface area contributed by atoms with Gasteiger partial charge in [0.2, 0.25) is 0 Å². The van der Waals surface area contributed by atoms with Crippen LogP contribution in [-0.4, -0.2) is 11.9 Å². The number of hydrogen-bond acceptors (Lipinski definition) is 3. The summed E-state index contributed by atoms with van der Waals surface area (Å²) in [6, 6.07) is 0. The smallest absolute Gasteiger partial charge is 0.346 e. The topological polar surface area (TPSA) is 43.4 Å². The molecular formula is C7H6O3. The second-order valence-corrected chi connectivity index (χ2v) is 1.81. The average molecular weight is 138 g/mol. The van der Waals surface area contributed by atoms with Crippen molar-refractivity contribution in [3.8, 4) is 0 Å². The Morgan fingerprint density at radius 1 is 1.50 bits per heavy atom. The lowest BCUT2D eigenvalue weighted by Gasteiger charge is -1.86. The summed E-state index contributed by atoms with van der Waals surface area (Å²) in [5.74, 6) is -1.15. The van der Waals surface area contributed by atoms with Crippen LogP contribution in [0.3, 0.4) is 0 Å². The molecule has 0 aromatic rings. The highest BCUT2D eigenvalue weighted by atomic mass is 16.6. The van der Waals surface area contributed by atoms with E-state index in [-0.39, 0.29) is 0 Å². The number of carbonyl (C=O) groups is 2. The lowest BCUT2D eigenvalue weighted by molar-refractivity contribution is -0.150. The molecule has 0 saturated heterocycles. The Bertz CT molecular complexity index is 235. The van der Waals surface area contributed by atoms with Crippen LogP contribution in [-0.2, 0) is 14.3 Å². The standard InChI is InChI=1S/C7H6O3/c1-2-3-5-4-6(8)10-7(5)9/h2-4H,1H3. The molecule has 0 bridgehead atoms. The zero-order valence-electron chi connectivity index (χ0n) is 5.46. The van der Waals surface area contributed by atoms with Crippen molar-refractivity contribution in [2.75, 3.05) is 0 Å². The Labute approximate surface area is 58.0 Å². The van der Waals surface area contributed by atoms with E-state index in [2.05, 4.69) is 4.74 Å². The summed E-state index contributed by atoms with van der Waals surface area (Å²) in [5, 5.41) is 0. The van der Waals surface area contributed by atoms with Crippen LogP contribution in [0.5, 0.6) is 0 Å². The van der Waals surface area contributed by atoms with Crippen molar-refractivity contribution < 1.29 is 14.3 Å². The van der Waals surface area contributed by atoms with E-state index in [0.717, 1.165) is 0 Å². The molecule has 10 heavy (non-hydrogen) atoms. The van der Waals surface area contributed by atoms with Gasteiger partial charge in [-0.05, 0) is 6.92 Å². The lowest BCUT2D eigenvalue weighted by atomic mass is 10.2. The molecule has 0 fully saturated rings. The number of hydrogen-bond donors (Lipinski definition) is 0. The third kappa shape index (κ3) is 1.13. The first-order valence-electron chi connectivity index (χ1n) is 2.84. The van der Waals surface area contributed by atoms with Crippen molar-refractivity contribution in [1.82, 2.24) is 0 Å². The summed E-state index contributed by atoms with van der Waals surface area (Å²) < 4.78 is 4.20. The van der Waals surface area contributed by atoms with E-state index < -0.39 is 11.9 Å². The fourth-order valence-corrected chi connectivity index (χ4v) is 0.661. The van der Waals surface area contributed by atoms with Crippen LogP contribution in [0.1, 0.15) is 6.92 Å². The molecule has 0 aromatic heterocycles. The van der Waals surface area contributed by atoms with Gasteiger partial charge in [0, 0.05) is 6.08 Å². The van der Waals surface area contributed by atoms with Crippen LogP contribution >= 0.6 is 0 Å². The maximum Gasteiger partial charge on any atom is 0.346 e. The fraction of sp³-hybridized carbons (Fsp3) is 0.143. The maximum absolute atomic E-state index is 10.6. The minimum absolute atomic E-state index is 0.313. The maximum atomic E-state index is 10.6. The summed E-state index contributed by atoms with van der Waals surface area (Å²) in [4.78, 5) is 21.0. The number of ether oxygens (including phenoxy) is 1. The predicted molar refractivity (Wildman–Crippen MR) is 34.0 cm³/mol. The third-order valence-electron chi connectivity index (χ3n) is 1.05. The molecule has 0 saturated carbocycles. The molecule has 0 radical (unpaired) electrons. The Kier molecular flexibility index (Phi) is 1.67. The summed E-state index contributed by atoms with van der Waals surface area (Å²) in [7, 11) is 0. The first-order chi connectivity index (χ1) is 4.74. The lowest BCUT2D eigenvalue weighted by Crippen LogP contribution is -2.00. The summed E-state index contributed by atoms with van der Waals surface area (Å²) in [6.07, 6.45) is 4.38. The molecule has 52 valence electrons. The first kappa shape index (κ1) is 6.74. The van der Waals surface area contributed by atoms with Crippen LogP contribution in [0.4, 0.5) is 0 Å². The first-order valence-corrected chi connectivity index (χ1v) is 2.84. The van der Waals surface area contributed by atoms with Gasteiger partial charge in [0.15, 0.2) is 0 Å². The van der Waals surface area contributed by atoms with E-state index in [4.69, 9.17) is 0 Å². The molecule has 0 atom stereocenters. The third-order valence-corrected chi connectivity index (χ3v) is 1.05. The number of allylic oxidation sites excluding steroid dienone is 1. The normalized spacial score (nSPS) is 17.9. The number of esters is 2. The molecule has 3 nitrogen and oxygen atoms in total. The van der Waals surface area contributed by atoms with E-state index >= 15 is 0 Å². The van der Waals surface area contributed by atoms with Gasteiger partial charge in [-0.2, -0.15) is 0 Å². The zero-order valence-corrected chi connectivity index (χ0v) is 5.46. The minimum atomic E-state index is -0.585. The van der Waals surface area contributed by atoms with Gasteiger partial charge >= 0.3 is 11.9 Å². The van der Waals surface area contributed by atoms with Crippen LogP contribution in [0.25, 0.3) is 0 Å². The highest BCUT2D eigenvalue weighted by molar-refractivity contribution is 6.10. The minimum Gasteiger partial charge on any atom is -0.386 e. The number of carbonyl (C=O) groups excluding carboxylic acids is 2. The summed E-state index contributed by atoms with van der Waals surface area (Å²) >= 11 is 0. The van der Waals surface area contributed by atoms with E-state index in [1.807, 2.05) is 0 Å². The van der Waals surface area contributed by atoms with Crippen molar-refractivity contribution in [3.05, 3.63) is 23.8 Å². The van der Waals surface area contributed by atoms with E-state index in [1.165, 1.54) is 12.2 Å². The summed E-state index contributed by atoms with van der Waals surface area (Å²) in [6.45, 7) is 1.76. The van der Waals surface area contributed by atoms with E-state index in [0.29, 0.717) is 5.57 Å². The molecule has 1 aliphatic rings. The van der Waals surface area contributed by atoms with E-state index in [9.17, 15) is 9.59 Å². The van der Waals surface area contributed by atoms with Crippen molar-refractivity contribution in [2.45, 2.75) is 6.92 Å². The quantitative estimate of drug-likeness (QED) is 0.393. The molecule has 0 N–H and O–H groups in total. The van der Waals surface area contributed by atoms with Crippen LogP contribution in [0, 0.1) is 0 Å². The van der Waals surface area contributed by atoms with Gasteiger partial charge in [-0.1, -0.05) is 12.2 Å². The second-order valence-electron chi connectivity index (χ2n) is 1.81. The Hall–Kier alpha value is -1.38. The van der Waals surface area contributed by atoms with Gasteiger partial charge in [0.25, 0.3) is 0 Å². The van der Waals surface area contributed by atoms with Crippen molar-refractivity contribution in [1.29, 1.82) is 0 Å². The highest BCUT2D eigenvalue weighted by Crippen LogP contribution is 2.08. The van der Waals surface area contributed by atoms with Crippen LogP contribution in [0.15, 0.2) is 23.8 Å². The molecule has 0 unspecified atom stereocenters. The van der Waals surface area contributed by atoms with Crippen molar-refractivity contribution in [3.63, 3.8) is 0 Å². The molecule has 3 heteroatoms. The largest absolute Gasteiger partial charge is 0.386 e. The molecule has 1 heterocycles. The highest BCUT2D eigenvalue weighted by Gasteiger charge is 2.20. The van der Waals surface area contributed by atoms with Crippen molar-refractivity contribution >= 4 is 11.9 Å². The van der Waals surface area contributed by atoms with Gasteiger partial charge in [-0.15, -0.1) is 0 Å². The predicted octanol–water partition coefficient (Wildman–Crippen LogP) is 0.572. The second kappa shape index (κ2) is 2.47. The van der Waals surface area contributed by atoms with Crippen molar-refractivity contribution in [2.24, 2.45) is 0 Å². The molecule has 0 amide bonds. The Morgan fingerprint density at radius 2 is 2.20 bits per heavy atom. The van der Waals surface area contributed by atoms with Gasteiger partial charge in [-0.25, -0.2) is 9.59 Å². The van der Waals surface area contributed by atoms with Gasteiger partial charge < -0.3 is 4.74 Å². The zero-order chi connectivity index (χ0) is 7.56. The SMILES string of the molecule is CC=CC1=CC(=O)OC1=O. The molecular weight excluding hydrogens is 132 g/mol. The van der Waals surface area contributed by atoms with Gasteiger partial charge in [0.05, 0.1) is 5.57 Å². The average Bonchev–Trinajstić information content (AvgIpc) is 2.13. The molecule has 0 spiro atoms. The van der Waals surface area contributed by atoms with Gasteiger partial charge in [0.1, 0.15) is 0 Å². The van der Waals surface area contributed by atoms with Crippen LogP contribution < -0.4 is 0 Å².